The predicted molar refractivity (Wildman–Crippen MR) is 112 cm³/mol. The highest BCUT2D eigenvalue weighted by atomic mass is 32.2. The first-order chi connectivity index (χ1) is 13.8. The van der Waals surface area contributed by atoms with Crippen LogP contribution in [0.25, 0.3) is 11.0 Å². The van der Waals surface area contributed by atoms with Crippen molar-refractivity contribution in [2.24, 2.45) is 0 Å². The molecule has 0 amide bonds. The van der Waals surface area contributed by atoms with Gasteiger partial charge in [-0.15, -0.1) is 0 Å². The normalized spacial score (nSPS) is 23.1. The van der Waals surface area contributed by atoms with Gasteiger partial charge in [0.1, 0.15) is 4.75 Å². The quantitative estimate of drug-likeness (QED) is 0.586. The molecule has 2 heterocycles. The lowest BCUT2D eigenvalue weighted by Crippen LogP contribution is -2.39. The van der Waals surface area contributed by atoms with Gasteiger partial charge in [0.25, 0.3) is 5.70 Å². The predicted octanol–water partition coefficient (Wildman–Crippen LogP) is 3.84. The summed E-state index contributed by atoms with van der Waals surface area (Å²) in [6, 6.07) is 3.98. The summed E-state index contributed by atoms with van der Waals surface area (Å²) < 4.78 is 26.6. The summed E-state index contributed by atoms with van der Waals surface area (Å²) in [6.45, 7) is 1.51. The molecule has 0 aromatic carbocycles. The van der Waals surface area contributed by atoms with E-state index in [9.17, 15) is 18.5 Å². The van der Waals surface area contributed by atoms with Crippen molar-refractivity contribution < 1.29 is 13.3 Å². The average molecular weight is 417 g/mol. The highest BCUT2D eigenvalue weighted by Gasteiger charge is 2.42. The summed E-state index contributed by atoms with van der Waals surface area (Å²) in [5, 5.41) is 15.4. The van der Waals surface area contributed by atoms with E-state index < -0.39 is 19.7 Å². The summed E-state index contributed by atoms with van der Waals surface area (Å²) in [5.41, 5.74) is 0.982. The standard InChI is InChI=1S/C20H24N4O4S/c1-20(11-5-8-16(14-20)24(25)26)29(27,28)23-13-10-17-18(9-12-21-19(17)23)22-15-6-3-2-4-7-15/h5,8-10,12-15H,2-4,6-7,11H2,1H3,(H,21,22). The van der Waals surface area contributed by atoms with E-state index in [0.717, 1.165) is 27.9 Å². The molecule has 29 heavy (non-hydrogen) atoms. The molecule has 2 aliphatic rings. The van der Waals surface area contributed by atoms with Crippen LogP contribution >= 0.6 is 0 Å². The molecule has 0 spiro atoms. The van der Waals surface area contributed by atoms with Crippen LogP contribution in [0.3, 0.4) is 0 Å². The van der Waals surface area contributed by atoms with E-state index in [0.29, 0.717) is 11.7 Å². The number of anilines is 1. The van der Waals surface area contributed by atoms with Crippen molar-refractivity contribution in [1.82, 2.24) is 8.96 Å². The summed E-state index contributed by atoms with van der Waals surface area (Å²) in [7, 11) is -3.97. The van der Waals surface area contributed by atoms with E-state index in [-0.39, 0.29) is 12.1 Å². The average Bonchev–Trinajstić information content (AvgIpc) is 3.15. The largest absolute Gasteiger partial charge is 0.382 e. The number of nitro groups is 1. The molecule has 4 rings (SSSR count). The first-order valence-electron chi connectivity index (χ1n) is 9.83. The Morgan fingerprint density at radius 2 is 2.03 bits per heavy atom. The highest BCUT2D eigenvalue weighted by Crippen LogP contribution is 2.34. The van der Waals surface area contributed by atoms with Gasteiger partial charge in [-0.1, -0.05) is 25.3 Å². The molecule has 0 aliphatic heterocycles. The third-order valence-corrected chi connectivity index (χ3v) is 8.12. The molecule has 1 fully saturated rings. The Morgan fingerprint density at radius 3 is 2.76 bits per heavy atom. The van der Waals surface area contributed by atoms with Crippen molar-refractivity contribution in [3.05, 3.63) is 58.6 Å². The fourth-order valence-corrected chi connectivity index (χ4v) is 5.77. The molecule has 0 bridgehead atoms. The molecule has 9 heteroatoms. The van der Waals surface area contributed by atoms with Crippen molar-refractivity contribution in [3.63, 3.8) is 0 Å². The SMILES string of the molecule is CC1(S(=O)(=O)n2ccc3c(NC4CCCCC4)ccnc32)C=C([N+](=O)[O-])C=CC1. The number of nitrogens with one attached hydrogen (secondary N) is 1. The van der Waals surface area contributed by atoms with Gasteiger partial charge in [-0.25, -0.2) is 17.4 Å². The summed E-state index contributed by atoms with van der Waals surface area (Å²) in [6.07, 6.45) is 13.2. The minimum atomic E-state index is -3.97. The Balaban J connectivity index is 1.73. The number of hydrogen-bond donors (Lipinski definition) is 1. The molecule has 1 N–H and O–H groups in total. The number of fused-ring (bicyclic) bond motifs is 1. The van der Waals surface area contributed by atoms with Crippen molar-refractivity contribution >= 4 is 26.7 Å². The van der Waals surface area contributed by atoms with E-state index in [4.69, 9.17) is 0 Å². The molecule has 0 saturated heterocycles. The number of rotatable bonds is 5. The molecular formula is C20H24N4O4S. The molecule has 1 unspecified atom stereocenters. The van der Waals surface area contributed by atoms with Crippen molar-refractivity contribution in [3.8, 4) is 0 Å². The topological polar surface area (TPSA) is 107 Å². The molecular weight excluding hydrogens is 392 g/mol. The van der Waals surface area contributed by atoms with Crippen LogP contribution in [0.15, 0.2) is 48.5 Å². The molecule has 2 aliphatic carbocycles. The molecule has 154 valence electrons. The molecule has 1 saturated carbocycles. The minimum absolute atomic E-state index is 0.159. The fourth-order valence-electron chi connectivity index (χ4n) is 4.15. The first kappa shape index (κ1) is 19.6. The zero-order chi connectivity index (χ0) is 20.6. The van der Waals surface area contributed by atoms with Gasteiger partial charge in [0.05, 0.1) is 4.92 Å². The second-order valence-corrected chi connectivity index (χ2v) is 10.2. The highest BCUT2D eigenvalue weighted by molar-refractivity contribution is 7.91. The van der Waals surface area contributed by atoms with Gasteiger partial charge < -0.3 is 5.32 Å². The Bertz CT molecular complexity index is 1110. The van der Waals surface area contributed by atoms with Gasteiger partial charge in [-0.05, 0) is 38.3 Å². The van der Waals surface area contributed by atoms with Gasteiger partial charge in [-0.3, -0.25) is 10.1 Å². The lowest BCUT2D eigenvalue weighted by Gasteiger charge is -2.27. The third kappa shape index (κ3) is 3.43. The van der Waals surface area contributed by atoms with Crippen LogP contribution in [0.5, 0.6) is 0 Å². The Labute approximate surface area is 169 Å². The van der Waals surface area contributed by atoms with Crippen LogP contribution < -0.4 is 5.32 Å². The van der Waals surface area contributed by atoms with Crippen LogP contribution in [0.2, 0.25) is 0 Å². The third-order valence-electron chi connectivity index (χ3n) is 5.84. The zero-order valence-corrected chi connectivity index (χ0v) is 17.1. The van der Waals surface area contributed by atoms with Gasteiger partial charge in [0.15, 0.2) is 5.65 Å². The number of hydrogen-bond acceptors (Lipinski definition) is 6. The van der Waals surface area contributed by atoms with Crippen LogP contribution in [0.4, 0.5) is 5.69 Å². The molecule has 8 nitrogen and oxygen atoms in total. The minimum Gasteiger partial charge on any atom is -0.382 e. The fraction of sp³-hybridized carbons (Fsp3) is 0.450. The number of nitrogens with zero attached hydrogens (tertiary/aromatic N) is 3. The summed E-state index contributed by atoms with van der Waals surface area (Å²) in [5.74, 6) is 0. The smallest absolute Gasteiger partial charge is 0.266 e. The van der Waals surface area contributed by atoms with Crippen LogP contribution in [-0.2, 0) is 10.0 Å². The Hall–Kier alpha value is -2.68. The monoisotopic (exact) mass is 416 g/mol. The van der Waals surface area contributed by atoms with Gasteiger partial charge >= 0.3 is 0 Å². The molecule has 2 aromatic rings. The number of aromatic nitrogens is 2. The van der Waals surface area contributed by atoms with E-state index in [1.54, 1.807) is 12.3 Å². The van der Waals surface area contributed by atoms with E-state index >= 15 is 0 Å². The molecule has 2 aromatic heterocycles. The lowest BCUT2D eigenvalue weighted by molar-refractivity contribution is -0.419. The van der Waals surface area contributed by atoms with E-state index in [1.807, 2.05) is 6.07 Å². The number of pyridine rings is 1. The zero-order valence-electron chi connectivity index (χ0n) is 16.2. The van der Waals surface area contributed by atoms with E-state index in [2.05, 4.69) is 10.3 Å². The van der Waals surface area contributed by atoms with Crippen LogP contribution in [-0.4, -0.2) is 33.1 Å². The van der Waals surface area contributed by atoms with Gasteiger partial charge in [-0.2, -0.15) is 0 Å². The summed E-state index contributed by atoms with van der Waals surface area (Å²) >= 11 is 0. The van der Waals surface area contributed by atoms with Crippen molar-refractivity contribution in [2.75, 3.05) is 5.32 Å². The van der Waals surface area contributed by atoms with E-state index in [1.165, 1.54) is 50.6 Å². The van der Waals surface area contributed by atoms with Gasteiger partial charge in [0.2, 0.25) is 10.0 Å². The van der Waals surface area contributed by atoms with Crippen molar-refractivity contribution in [1.29, 1.82) is 0 Å². The molecule has 1 atom stereocenters. The lowest BCUT2D eigenvalue weighted by atomic mass is 9.95. The van der Waals surface area contributed by atoms with Gasteiger partial charge in [0, 0.05) is 41.7 Å². The maximum Gasteiger partial charge on any atom is 0.266 e. The van der Waals surface area contributed by atoms with Crippen LogP contribution in [0, 0.1) is 10.1 Å². The maximum atomic E-state index is 13.5. The summed E-state index contributed by atoms with van der Waals surface area (Å²) in [4.78, 5) is 14.9. The molecule has 0 radical (unpaired) electrons. The first-order valence-corrected chi connectivity index (χ1v) is 11.3. The second-order valence-electron chi connectivity index (χ2n) is 7.94. The Morgan fingerprint density at radius 1 is 1.28 bits per heavy atom. The van der Waals surface area contributed by atoms with Crippen LogP contribution in [0.1, 0.15) is 45.4 Å². The van der Waals surface area contributed by atoms with Crippen molar-refractivity contribution in [2.45, 2.75) is 56.2 Å². The maximum absolute atomic E-state index is 13.5. The second kappa shape index (κ2) is 7.29. The Kier molecular flexibility index (Phi) is 4.94. The number of allylic oxidation sites excluding steroid dienone is 2.